The van der Waals surface area contributed by atoms with E-state index in [9.17, 15) is 13.5 Å². The number of rotatable bonds is 6. The van der Waals surface area contributed by atoms with Gasteiger partial charge in [-0.2, -0.15) is 0 Å². The highest BCUT2D eigenvalue weighted by molar-refractivity contribution is 7.88. The molecule has 118 valence electrons. The van der Waals surface area contributed by atoms with E-state index >= 15 is 0 Å². The van der Waals surface area contributed by atoms with Gasteiger partial charge in [-0.1, -0.05) is 0 Å². The largest absolute Gasteiger partial charge is 0.507 e. The molecular weight excluding hydrogens is 296 g/mol. The first kappa shape index (κ1) is 15.9. The van der Waals surface area contributed by atoms with Gasteiger partial charge in [0.25, 0.3) is 0 Å². The Balaban J connectivity index is 1.95. The van der Waals surface area contributed by atoms with Gasteiger partial charge in [0.1, 0.15) is 5.75 Å². The molecule has 0 aliphatic carbocycles. The minimum atomic E-state index is -3.27. The molecule has 7 nitrogen and oxygen atoms in total. The Hall–Kier alpha value is -1.51. The normalized spacial score (nSPS) is 14.4. The third-order valence-corrected chi connectivity index (χ3v) is 3.84. The monoisotopic (exact) mass is 316 g/mol. The van der Waals surface area contributed by atoms with Gasteiger partial charge in [0, 0.05) is 30.3 Å². The molecule has 21 heavy (non-hydrogen) atoms. The number of hydrogen-bond acceptors (Lipinski definition) is 6. The van der Waals surface area contributed by atoms with E-state index in [1.165, 1.54) is 6.07 Å². The molecule has 2 rings (SSSR count). The van der Waals surface area contributed by atoms with Gasteiger partial charge in [0.05, 0.1) is 6.26 Å². The summed E-state index contributed by atoms with van der Waals surface area (Å²) in [5.41, 5.74) is 0.0360. The predicted molar refractivity (Wildman–Crippen MR) is 78.0 cm³/mol. The van der Waals surface area contributed by atoms with Crippen LogP contribution in [0.1, 0.15) is 19.4 Å². The molecule has 0 bridgehead atoms. The summed E-state index contributed by atoms with van der Waals surface area (Å²) >= 11 is 0. The summed E-state index contributed by atoms with van der Waals surface area (Å²) in [5, 5.41) is 13.0. The minimum Gasteiger partial charge on any atom is -0.507 e. The molecular formula is C13H20N2O5S. The van der Waals surface area contributed by atoms with Gasteiger partial charge >= 0.3 is 0 Å². The second-order valence-electron chi connectivity index (χ2n) is 5.70. The quantitative estimate of drug-likeness (QED) is 0.709. The average molecular weight is 316 g/mol. The highest BCUT2D eigenvalue weighted by Crippen LogP contribution is 2.37. The molecule has 1 heterocycles. The molecule has 0 atom stereocenters. The second-order valence-corrected chi connectivity index (χ2v) is 7.44. The lowest BCUT2D eigenvalue weighted by Crippen LogP contribution is -2.49. The Bertz CT molecular complexity index is 628. The van der Waals surface area contributed by atoms with Crippen LogP contribution in [0.15, 0.2) is 12.1 Å². The number of fused-ring (bicyclic) bond motifs is 1. The van der Waals surface area contributed by atoms with Crippen molar-refractivity contribution in [3.05, 3.63) is 17.7 Å². The van der Waals surface area contributed by atoms with Gasteiger partial charge in [-0.05, 0) is 19.9 Å². The van der Waals surface area contributed by atoms with Crippen LogP contribution in [-0.4, -0.2) is 38.7 Å². The fraction of sp³-hybridized carbons (Fsp3) is 0.538. The number of nitrogens with one attached hydrogen (secondary N) is 2. The number of ether oxygens (including phenoxy) is 2. The van der Waals surface area contributed by atoms with E-state index in [0.717, 1.165) is 6.26 Å². The van der Waals surface area contributed by atoms with Gasteiger partial charge < -0.3 is 19.9 Å². The summed E-state index contributed by atoms with van der Waals surface area (Å²) in [4.78, 5) is 0. The highest BCUT2D eigenvalue weighted by atomic mass is 32.2. The van der Waals surface area contributed by atoms with Gasteiger partial charge in [-0.15, -0.1) is 0 Å². The maximum Gasteiger partial charge on any atom is 0.231 e. The zero-order valence-corrected chi connectivity index (χ0v) is 13.1. The van der Waals surface area contributed by atoms with E-state index in [1.54, 1.807) is 19.9 Å². The maximum absolute atomic E-state index is 11.3. The molecule has 1 aromatic carbocycles. The van der Waals surface area contributed by atoms with Crippen LogP contribution in [-0.2, 0) is 16.6 Å². The van der Waals surface area contributed by atoms with Crippen LogP contribution >= 0.6 is 0 Å². The van der Waals surface area contributed by atoms with Crippen molar-refractivity contribution in [1.29, 1.82) is 0 Å². The molecule has 0 aromatic heterocycles. The Labute approximate surface area is 124 Å². The van der Waals surface area contributed by atoms with Gasteiger partial charge in [-0.25, -0.2) is 13.1 Å². The molecule has 8 heteroatoms. The van der Waals surface area contributed by atoms with Crippen molar-refractivity contribution in [2.45, 2.75) is 25.9 Å². The lowest BCUT2D eigenvalue weighted by atomic mass is 10.1. The smallest absolute Gasteiger partial charge is 0.231 e. The zero-order valence-electron chi connectivity index (χ0n) is 12.3. The van der Waals surface area contributed by atoms with Crippen molar-refractivity contribution in [2.24, 2.45) is 0 Å². The van der Waals surface area contributed by atoms with Gasteiger partial charge in [0.2, 0.25) is 16.8 Å². The lowest BCUT2D eigenvalue weighted by Gasteiger charge is -2.25. The number of aromatic hydroxyl groups is 1. The molecule has 0 amide bonds. The van der Waals surface area contributed by atoms with Crippen molar-refractivity contribution >= 4 is 10.0 Å². The summed E-state index contributed by atoms with van der Waals surface area (Å²) in [6.45, 7) is 4.50. The number of phenolic OH excluding ortho intramolecular Hbond substituents is 1. The summed E-state index contributed by atoms with van der Waals surface area (Å²) in [6, 6.07) is 3.22. The number of sulfonamides is 1. The Kier molecular flexibility index (Phi) is 4.31. The fourth-order valence-electron chi connectivity index (χ4n) is 2.16. The van der Waals surface area contributed by atoms with Crippen molar-refractivity contribution < 1.29 is 23.0 Å². The van der Waals surface area contributed by atoms with E-state index in [2.05, 4.69) is 10.0 Å². The third kappa shape index (κ3) is 4.48. The number of phenols is 1. The molecule has 0 saturated carbocycles. The van der Waals surface area contributed by atoms with Crippen LogP contribution in [0, 0.1) is 0 Å². The van der Waals surface area contributed by atoms with Crippen molar-refractivity contribution in [1.82, 2.24) is 10.0 Å². The van der Waals surface area contributed by atoms with Crippen LogP contribution in [0.5, 0.6) is 17.2 Å². The van der Waals surface area contributed by atoms with E-state index in [1.807, 2.05) is 0 Å². The minimum absolute atomic E-state index is 0.112. The highest BCUT2D eigenvalue weighted by Gasteiger charge is 2.22. The standard InChI is InChI=1S/C13H20N2O5S/c1-13(2,15-21(3,17)18)7-14-6-9-4-11-12(5-10(9)16)20-8-19-11/h4-5,14-16H,6-8H2,1-3H3. The van der Waals surface area contributed by atoms with Crippen LogP contribution in [0.25, 0.3) is 0 Å². The molecule has 1 aromatic rings. The molecule has 0 saturated heterocycles. The van der Waals surface area contributed by atoms with Gasteiger partial charge in [0.15, 0.2) is 11.5 Å². The van der Waals surface area contributed by atoms with Crippen molar-refractivity contribution in [2.75, 3.05) is 19.6 Å². The molecule has 0 unspecified atom stereocenters. The maximum atomic E-state index is 11.3. The molecule has 0 spiro atoms. The topological polar surface area (TPSA) is 96.9 Å². The Morgan fingerprint density at radius 1 is 1.29 bits per heavy atom. The van der Waals surface area contributed by atoms with Crippen molar-refractivity contribution in [3.63, 3.8) is 0 Å². The van der Waals surface area contributed by atoms with Crippen LogP contribution in [0.3, 0.4) is 0 Å². The number of hydrogen-bond donors (Lipinski definition) is 3. The Morgan fingerprint density at radius 3 is 2.52 bits per heavy atom. The molecule has 0 radical (unpaired) electrons. The summed E-state index contributed by atoms with van der Waals surface area (Å²) < 4.78 is 35.5. The SMILES string of the molecule is CC(C)(CNCc1cc2c(cc1O)OCO2)NS(C)(=O)=O. The fourth-order valence-corrected chi connectivity index (χ4v) is 3.24. The predicted octanol–water partition coefficient (Wildman–Crippen LogP) is 0.538. The molecule has 1 aliphatic heterocycles. The van der Waals surface area contributed by atoms with Crippen LogP contribution < -0.4 is 19.5 Å². The van der Waals surface area contributed by atoms with E-state index in [0.29, 0.717) is 30.2 Å². The first-order valence-electron chi connectivity index (χ1n) is 6.47. The van der Waals surface area contributed by atoms with Gasteiger partial charge in [-0.3, -0.25) is 0 Å². The molecule has 3 N–H and O–H groups in total. The Morgan fingerprint density at radius 2 is 1.90 bits per heavy atom. The summed E-state index contributed by atoms with van der Waals surface area (Å²) in [6.07, 6.45) is 1.12. The van der Waals surface area contributed by atoms with Crippen LogP contribution in [0.2, 0.25) is 0 Å². The number of benzene rings is 1. The lowest BCUT2D eigenvalue weighted by molar-refractivity contribution is 0.174. The van der Waals surface area contributed by atoms with Crippen LogP contribution in [0.4, 0.5) is 0 Å². The van der Waals surface area contributed by atoms with Crippen molar-refractivity contribution in [3.8, 4) is 17.2 Å². The van der Waals surface area contributed by atoms with E-state index in [4.69, 9.17) is 9.47 Å². The van der Waals surface area contributed by atoms with E-state index < -0.39 is 15.6 Å². The summed E-state index contributed by atoms with van der Waals surface area (Å²) in [5.74, 6) is 1.23. The molecule has 0 fully saturated rings. The third-order valence-electron chi connectivity index (χ3n) is 2.92. The summed E-state index contributed by atoms with van der Waals surface area (Å²) in [7, 11) is -3.27. The zero-order chi connectivity index (χ0) is 15.7. The average Bonchev–Trinajstić information content (AvgIpc) is 2.72. The van der Waals surface area contributed by atoms with E-state index in [-0.39, 0.29) is 12.5 Å². The second kappa shape index (κ2) is 5.70. The molecule has 1 aliphatic rings. The first-order chi connectivity index (χ1) is 9.66. The first-order valence-corrected chi connectivity index (χ1v) is 8.37.